The Morgan fingerprint density at radius 1 is 0.600 bits per heavy atom. The maximum absolute atomic E-state index is 6.37. The summed E-state index contributed by atoms with van der Waals surface area (Å²) in [5.41, 5.74) is 5.25. The molecule has 35 heavy (non-hydrogen) atoms. The molecular formula is C33H25NO. The minimum Gasteiger partial charge on any atom is -0.456 e. The van der Waals surface area contributed by atoms with Gasteiger partial charge in [0.1, 0.15) is 11.2 Å². The third-order valence-electron chi connectivity index (χ3n) is 7.25. The van der Waals surface area contributed by atoms with E-state index >= 15 is 0 Å². The van der Waals surface area contributed by atoms with Gasteiger partial charge in [-0.1, -0.05) is 87.5 Å². The van der Waals surface area contributed by atoms with Crippen molar-refractivity contribution in [1.82, 2.24) is 4.98 Å². The van der Waals surface area contributed by atoms with Crippen molar-refractivity contribution in [2.24, 2.45) is 0 Å². The summed E-state index contributed by atoms with van der Waals surface area (Å²) in [5.74, 6) is 0. The van der Waals surface area contributed by atoms with Gasteiger partial charge in [-0.25, -0.2) is 0 Å². The van der Waals surface area contributed by atoms with E-state index < -0.39 is 0 Å². The van der Waals surface area contributed by atoms with Crippen LogP contribution in [0.1, 0.15) is 26.3 Å². The molecule has 7 rings (SSSR count). The van der Waals surface area contributed by atoms with Gasteiger partial charge in [0.25, 0.3) is 0 Å². The Bertz CT molecular complexity index is 1940. The van der Waals surface area contributed by atoms with E-state index in [2.05, 4.69) is 112 Å². The van der Waals surface area contributed by atoms with Gasteiger partial charge in [-0.15, -0.1) is 0 Å². The van der Waals surface area contributed by atoms with Gasteiger partial charge in [-0.2, -0.15) is 0 Å². The predicted octanol–water partition coefficient (Wildman–Crippen LogP) is 9.41. The van der Waals surface area contributed by atoms with Gasteiger partial charge >= 0.3 is 0 Å². The fourth-order valence-electron chi connectivity index (χ4n) is 5.52. The average Bonchev–Trinajstić information content (AvgIpc) is 3.25. The number of hydrogen-bond acceptors (Lipinski definition) is 2. The molecule has 2 aromatic heterocycles. The zero-order chi connectivity index (χ0) is 23.7. The number of pyridine rings is 1. The molecule has 0 unspecified atom stereocenters. The summed E-state index contributed by atoms with van der Waals surface area (Å²) >= 11 is 0. The quantitative estimate of drug-likeness (QED) is 0.232. The third kappa shape index (κ3) is 2.99. The van der Waals surface area contributed by atoms with Crippen LogP contribution in [0.25, 0.3) is 65.5 Å². The second kappa shape index (κ2) is 7.16. The normalized spacial score (nSPS) is 12.4. The summed E-state index contributed by atoms with van der Waals surface area (Å²) in [5, 5.41) is 9.77. The second-order valence-corrected chi connectivity index (χ2v) is 10.4. The largest absolute Gasteiger partial charge is 0.456 e. The number of nitrogens with zero attached hydrogens (tertiary/aromatic N) is 1. The molecule has 0 aliphatic rings. The molecule has 0 aliphatic carbocycles. The molecule has 0 saturated heterocycles. The Morgan fingerprint density at radius 3 is 2.23 bits per heavy atom. The molecule has 7 aromatic rings. The fraction of sp³-hybridized carbons (Fsp3) is 0.121. The monoisotopic (exact) mass is 451 g/mol. The maximum atomic E-state index is 6.37. The molecule has 2 heterocycles. The Morgan fingerprint density at radius 2 is 1.34 bits per heavy atom. The molecule has 0 fully saturated rings. The zero-order valence-corrected chi connectivity index (χ0v) is 20.1. The zero-order valence-electron chi connectivity index (χ0n) is 20.1. The van der Waals surface area contributed by atoms with Crippen LogP contribution in [0.2, 0.25) is 0 Å². The van der Waals surface area contributed by atoms with E-state index in [4.69, 9.17) is 9.40 Å². The van der Waals surface area contributed by atoms with E-state index in [1.807, 2.05) is 6.20 Å². The van der Waals surface area contributed by atoms with Crippen LogP contribution in [0.5, 0.6) is 0 Å². The van der Waals surface area contributed by atoms with Gasteiger partial charge < -0.3 is 4.42 Å². The molecule has 2 nitrogen and oxygen atoms in total. The first-order valence-corrected chi connectivity index (χ1v) is 12.1. The molecule has 5 aromatic carbocycles. The van der Waals surface area contributed by atoms with E-state index in [9.17, 15) is 0 Å². The lowest BCUT2D eigenvalue weighted by atomic mass is 9.86. The number of hydrogen-bond donors (Lipinski definition) is 0. The van der Waals surface area contributed by atoms with Crippen LogP contribution in [-0.2, 0) is 5.41 Å². The van der Waals surface area contributed by atoms with E-state index in [0.29, 0.717) is 0 Å². The molecule has 0 aliphatic heterocycles. The smallest absolute Gasteiger partial charge is 0.139 e. The number of fused-ring (bicyclic) bond motifs is 8. The van der Waals surface area contributed by atoms with Crippen LogP contribution in [0.15, 0.2) is 102 Å². The predicted molar refractivity (Wildman–Crippen MR) is 148 cm³/mol. The van der Waals surface area contributed by atoms with Crippen LogP contribution in [0.4, 0.5) is 0 Å². The van der Waals surface area contributed by atoms with E-state index in [1.165, 1.54) is 32.5 Å². The first-order valence-electron chi connectivity index (χ1n) is 12.1. The van der Waals surface area contributed by atoms with Crippen molar-refractivity contribution in [1.29, 1.82) is 0 Å². The van der Waals surface area contributed by atoms with Crippen molar-refractivity contribution >= 4 is 54.3 Å². The summed E-state index contributed by atoms with van der Waals surface area (Å²) in [6.07, 6.45) is 1.93. The minimum atomic E-state index is 0.0125. The second-order valence-electron chi connectivity index (χ2n) is 10.4. The average molecular weight is 452 g/mol. The van der Waals surface area contributed by atoms with Crippen molar-refractivity contribution in [3.63, 3.8) is 0 Å². The van der Waals surface area contributed by atoms with Crippen LogP contribution in [-0.4, -0.2) is 4.98 Å². The molecule has 2 heteroatoms. The van der Waals surface area contributed by atoms with Gasteiger partial charge in [0.15, 0.2) is 0 Å². The van der Waals surface area contributed by atoms with Gasteiger partial charge in [-0.05, 0) is 56.6 Å². The molecule has 0 N–H and O–H groups in total. The van der Waals surface area contributed by atoms with Gasteiger partial charge in [0.2, 0.25) is 0 Å². The minimum absolute atomic E-state index is 0.0125. The van der Waals surface area contributed by atoms with Crippen LogP contribution in [0.3, 0.4) is 0 Å². The molecule has 0 spiro atoms. The van der Waals surface area contributed by atoms with Gasteiger partial charge in [0, 0.05) is 33.5 Å². The first kappa shape index (κ1) is 20.2. The number of para-hydroxylation sites is 1. The molecule has 168 valence electrons. The van der Waals surface area contributed by atoms with Crippen molar-refractivity contribution in [3.05, 3.63) is 103 Å². The van der Waals surface area contributed by atoms with Crippen LogP contribution >= 0.6 is 0 Å². The summed E-state index contributed by atoms with van der Waals surface area (Å²) in [6.45, 7) is 6.69. The Kier molecular flexibility index (Phi) is 4.14. The molecule has 0 saturated carbocycles. The summed E-state index contributed by atoms with van der Waals surface area (Å²) in [6, 6.07) is 32.6. The summed E-state index contributed by atoms with van der Waals surface area (Å²) < 4.78 is 6.37. The SMILES string of the molecule is CC(C)(C)c1cccc2c1oc1ccc(-c3nccc4c3ccc3c5ccccc5ccc43)cc12. The van der Waals surface area contributed by atoms with E-state index in [1.54, 1.807) is 0 Å². The number of rotatable bonds is 1. The van der Waals surface area contributed by atoms with E-state index in [-0.39, 0.29) is 5.41 Å². The Balaban J connectivity index is 1.48. The molecular weight excluding hydrogens is 426 g/mol. The Hall–Kier alpha value is -4.17. The highest BCUT2D eigenvalue weighted by molar-refractivity contribution is 6.19. The highest BCUT2D eigenvalue weighted by Crippen LogP contribution is 2.39. The lowest BCUT2D eigenvalue weighted by Crippen LogP contribution is -2.10. The molecule has 0 radical (unpaired) electrons. The standard InChI is InChI=1S/C33H25NO/c1-33(2,3)29-10-6-9-27-28-19-21(12-16-30(28)35-32(27)29)31-26-15-14-23-22-8-5-4-7-20(22)11-13-24(23)25(26)17-18-34-31/h4-19H,1-3H3. The van der Waals surface area contributed by atoms with E-state index in [0.717, 1.165) is 38.6 Å². The highest BCUT2D eigenvalue weighted by atomic mass is 16.3. The summed E-state index contributed by atoms with van der Waals surface area (Å²) in [4.78, 5) is 4.84. The van der Waals surface area contributed by atoms with Crippen LogP contribution < -0.4 is 0 Å². The lowest BCUT2D eigenvalue weighted by molar-refractivity contribution is 0.573. The van der Waals surface area contributed by atoms with Crippen LogP contribution in [0, 0.1) is 0 Å². The van der Waals surface area contributed by atoms with Crippen molar-refractivity contribution < 1.29 is 4.42 Å². The third-order valence-corrected chi connectivity index (χ3v) is 7.25. The Labute approximate surface area is 203 Å². The molecule has 0 bridgehead atoms. The molecule has 0 atom stereocenters. The number of furan rings is 1. The van der Waals surface area contributed by atoms with Gasteiger partial charge in [-0.3, -0.25) is 4.98 Å². The lowest BCUT2D eigenvalue weighted by Gasteiger charge is -2.18. The molecule has 0 amide bonds. The van der Waals surface area contributed by atoms with Crippen molar-refractivity contribution in [3.8, 4) is 11.3 Å². The topological polar surface area (TPSA) is 26.0 Å². The fourth-order valence-corrected chi connectivity index (χ4v) is 5.52. The first-order chi connectivity index (χ1) is 17.0. The van der Waals surface area contributed by atoms with Crippen molar-refractivity contribution in [2.45, 2.75) is 26.2 Å². The van der Waals surface area contributed by atoms with Gasteiger partial charge in [0.05, 0.1) is 5.69 Å². The van der Waals surface area contributed by atoms with Crippen molar-refractivity contribution in [2.75, 3.05) is 0 Å². The number of aromatic nitrogens is 1. The summed E-state index contributed by atoms with van der Waals surface area (Å²) in [7, 11) is 0. The maximum Gasteiger partial charge on any atom is 0.139 e. The highest BCUT2D eigenvalue weighted by Gasteiger charge is 2.21. The number of benzene rings is 5.